The molecular formula is C15H10ClN5O. The Bertz CT molecular complexity index is 999. The molecule has 0 fully saturated rings. The summed E-state index contributed by atoms with van der Waals surface area (Å²) in [5, 5.41) is 7.33. The summed E-state index contributed by atoms with van der Waals surface area (Å²) in [7, 11) is 0. The van der Waals surface area contributed by atoms with Crippen LogP contribution in [0, 0.1) is 0 Å². The summed E-state index contributed by atoms with van der Waals surface area (Å²) in [4.78, 5) is 21.0. The highest BCUT2D eigenvalue weighted by Gasteiger charge is 2.10. The standard InChI is InChI=1S/C15H10ClN5O/c16-10-7-12-14(20-15(22)18-12)19-13(10)9-3-1-8(2-4-9)11-5-6-17-21-11/h1-7H,(H,17,21)(H2,18,19,20,22). The largest absolute Gasteiger partial charge is 0.325 e. The van der Waals surface area contributed by atoms with E-state index in [0.717, 1.165) is 16.8 Å². The molecule has 0 amide bonds. The maximum Gasteiger partial charge on any atom is 0.325 e. The highest BCUT2D eigenvalue weighted by atomic mass is 35.5. The summed E-state index contributed by atoms with van der Waals surface area (Å²) in [5.41, 5.74) is 4.24. The second-order valence-corrected chi connectivity index (χ2v) is 5.25. The fourth-order valence-electron chi connectivity index (χ4n) is 2.37. The number of halogens is 1. The van der Waals surface area contributed by atoms with Crippen molar-refractivity contribution in [2.45, 2.75) is 0 Å². The van der Waals surface area contributed by atoms with Crippen LogP contribution in [0.5, 0.6) is 0 Å². The number of H-pyrrole nitrogens is 3. The van der Waals surface area contributed by atoms with Gasteiger partial charge in [0.05, 0.1) is 21.9 Å². The number of fused-ring (bicyclic) bond motifs is 1. The van der Waals surface area contributed by atoms with Gasteiger partial charge in [0.15, 0.2) is 5.65 Å². The molecule has 1 aromatic carbocycles. The molecule has 108 valence electrons. The van der Waals surface area contributed by atoms with Crippen molar-refractivity contribution in [2.24, 2.45) is 0 Å². The average Bonchev–Trinajstić information content (AvgIpc) is 3.15. The number of nitrogens with one attached hydrogen (secondary N) is 3. The topological polar surface area (TPSA) is 90.2 Å². The number of rotatable bonds is 2. The van der Waals surface area contributed by atoms with Crippen LogP contribution in [0.4, 0.5) is 0 Å². The van der Waals surface area contributed by atoms with Gasteiger partial charge in [-0.05, 0) is 17.7 Å². The predicted octanol–water partition coefficient (Wildman–Crippen LogP) is 2.96. The van der Waals surface area contributed by atoms with Gasteiger partial charge in [-0.2, -0.15) is 5.10 Å². The Labute approximate surface area is 129 Å². The first kappa shape index (κ1) is 12.8. The van der Waals surface area contributed by atoms with Crippen molar-refractivity contribution in [3.63, 3.8) is 0 Å². The average molecular weight is 312 g/mol. The number of aromatic nitrogens is 5. The van der Waals surface area contributed by atoms with Crippen molar-refractivity contribution in [1.29, 1.82) is 0 Å². The molecule has 0 bridgehead atoms. The second-order valence-electron chi connectivity index (χ2n) is 4.84. The van der Waals surface area contributed by atoms with Crippen LogP contribution in [0.15, 0.2) is 47.4 Å². The van der Waals surface area contributed by atoms with Crippen LogP contribution < -0.4 is 5.69 Å². The lowest BCUT2D eigenvalue weighted by molar-refractivity contribution is 1.10. The van der Waals surface area contributed by atoms with E-state index < -0.39 is 0 Å². The first-order valence-electron chi connectivity index (χ1n) is 6.59. The van der Waals surface area contributed by atoms with Crippen LogP contribution in [-0.2, 0) is 0 Å². The first-order valence-corrected chi connectivity index (χ1v) is 6.97. The van der Waals surface area contributed by atoms with Gasteiger partial charge >= 0.3 is 5.69 Å². The third-order valence-corrected chi connectivity index (χ3v) is 3.71. The predicted molar refractivity (Wildman–Crippen MR) is 84.7 cm³/mol. The normalized spacial score (nSPS) is 11.1. The molecule has 0 saturated heterocycles. The molecule has 0 unspecified atom stereocenters. The van der Waals surface area contributed by atoms with Crippen molar-refractivity contribution in [3.05, 3.63) is 58.1 Å². The summed E-state index contributed by atoms with van der Waals surface area (Å²) in [5.74, 6) is 0. The quantitative estimate of drug-likeness (QED) is 0.531. The number of nitrogens with zero attached hydrogens (tertiary/aromatic N) is 2. The molecule has 22 heavy (non-hydrogen) atoms. The summed E-state index contributed by atoms with van der Waals surface area (Å²) in [6.07, 6.45) is 1.71. The second kappa shape index (κ2) is 4.85. The number of pyridine rings is 1. The molecule has 6 nitrogen and oxygen atoms in total. The van der Waals surface area contributed by atoms with Crippen LogP contribution >= 0.6 is 11.6 Å². The van der Waals surface area contributed by atoms with E-state index in [-0.39, 0.29) is 5.69 Å². The number of hydrogen-bond acceptors (Lipinski definition) is 3. The summed E-state index contributed by atoms with van der Waals surface area (Å²) in [6.45, 7) is 0. The fraction of sp³-hybridized carbons (Fsp3) is 0. The highest BCUT2D eigenvalue weighted by molar-refractivity contribution is 6.33. The molecule has 0 aliphatic carbocycles. The van der Waals surface area contributed by atoms with Gasteiger partial charge in [-0.3, -0.25) is 10.1 Å². The lowest BCUT2D eigenvalue weighted by Crippen LogP contribution is -1.99. The Hall–Kier alpha value is -2.86. The van der Waals surface area contributed by atoms with Crippen LogP contribution in [0.2, 0.25) is 5.02 Å². The van der Waals surface area contributed by atoms with E-state index in [1.807, 2.05) is 30.3 Å². The SMILES string of the molecule is O=c1[nH]c2cc(Cl)c(-c3ccc(-c4ccn[nH]4)cc3)nc2[nH]1. The zero-order chi connectivity index (χ0) is 15.1. The van der Waals surface area contributed by atoms with Crippen LogP contribution in [0.1, 0.15) is 0 Å². The van der Waals surface area contributed by atoms with Crippen molar-refractivity contribution in [2.75, 3.05) is 0 Å². The Morgan fingerprint density at radius 1 is 1.00 bits per heavy atom. The van der Waals surface area contributed by atoms with Gasteiger partial charge in [0.2, 0.25) is 0 Å². The highest BCUT2D eigenvalue weighted by Crippen LogP contribution is 2.29. The van der Waals surface area contributed by atoms with Crippen LogP contribution in [-0.4, -0.2) is 25.1 Å². The number of benzene rings is 1. The van der Waals surface area contributed by atoms with Crippen LogP contribution in [0.3, 0.4) is 0 Å². The maximum atomic E-state index is 11.3. The molecule has 0 radical (unpaired) electrons. The van der Waals surface area contributed by atoms with Crippen molar-refractivity contribution in [1.82, 2.24) is 25.1 Å². The molecular weight excluding hydrogens is 302 g/mol. The molecule has 0 aliphatic rings. The molecule has 3 N–H and O–H groups in total. The third kappa shape index (κ3) is 2.10. The van der Waals surface area contributed by atoms with E-state index in [1.54, 1.807) is 12.3 Å². The van der Waals surface area contributed by atoms with E-state index in [2.05, 4.69) is 25.1 Å². The van der Waals surface area contributed by atoms with Crippen molar-refractivity contribution >= 4 is 22.8 Å². The van der Waals surface area contributed by atoms with Crippen LogP contribution in [0.25, 0.3) is 33.7 Å². The molecule has 3 aromatic heterocycles. The number of imidazole rings is 1. The van der Waals surface area contributed by atoms with E-state index in [4.69, 9.17) is 11.6 Å². The zero-order valence-corrected chi connectivity index (χ0v) is 12.0. The Balaban J connectivity index is 1.81. The summed E-state index contributed by atoms with van der Waals surface area (Å²) in [6, 6.07) is 11.4. The molecule has 0 spiro atoms. The van der Waals surface area contributed by atoms with Gasteiger partial charge in [0.1, 0.15) is 0 Å². The first-order chi connectivity index (χ1) is 10.7. The minimum absolute atomic E-state index is 0.301. The van der Waals surface area contributed by atoms with E-state index >= 15 is 0 Å². The van der Waals surface area contributed by atoms with Gasteiger partial charge < -0.3 is 4.98 Å². The monoisotopic (exact) mass is 311 g/mol. The molecule has 3 heterocycles. The van der Waals surface area contributed by atoms with E-state index in [0.29, 0.717) is 21.9 Å². The summed E-state index contributed by atoms with van der Waals surface area (Å²) < 4.78 is 0. The summed E-state index contributed by atoms with van der Waals surface area (Å²) >= 11 is 6.27. The Morgan fingerprint density at radius 3 is 2.50 bits per heavy atom. The lowest BCUT2D eigenvalue weighted by atomic mass is 10.1. The van der Waals surface area contributed by atoms with Gasteiger partial charge in [-0.1, -0.05) is 35.9 Å². The van der Waals surface area contributed by atoms with Gasteiger partial charge in [-0.15, -0.1) is 0 Å². The third-order valence-electron chi connectivity index (χ3n) is 3.43. The van der Waals surface area contributed by atoms with E-state index in [9.17, 15) is 4.79 Å². The van der Waals surface area contributed by atoms with Crippen molar-refractivity contribution < 1.29 is 0 Å². The zero-order valence-electron chi connectivity index (χ0n) is 11.2. The van der Waals surface area contributed by atoms with Gasteiger partial charge in [-0.25, -0.2) is 9.78 Å². The number of aromatic amines is 3. The number of hydrogen-bond donors (Lipinski definition) is 3. The molecule has 0 atom stereocenters. The smallest absolute Gasteiger partial charge is 0.304 e. The van der Waals surface area contributed by atoms with Gasteiger partial charge in [0, 0.05) is 11.8 Å². The fourth-order valence-corrected chi connectivity index (χ4v) is 2.63. The molecule has 0 aliphatic heterocycles. The minimum Gasteiger partial charge on any atom is -0.304 e. The maximum absolute atomic E-state index is 11.3. The molecule has 4 aromatic rings. The van der Waals surface area contributed by atoms with E-state index in [1.165, 1.54) is 0 Å². The van der Waals surface area contributed by atoms with Crippen molar-refractivity contribution in [3.8, 4) is 22.5 Å². The Kier molecular flexibility index (Phi) is 2.83. The minimum atomic E-state index is -0.301. The Morgan fingerprint density at radius 2 is 1.77 bits per heavy atom. The van der Waals surface area contributed by atoms with Gasteiger partial charge in [0.25, 0.3) is 0 Å². The molecule has 4 rings (SSSR count). The molecule has 0 saturated carbocycles. The molecule has 7 heteroatoms. The lowest BCUT2D eigenvalue weighted by Gasteiger charge is -2.05.